The van der Waals surface area contributed by atoms with Gasteiger partial charge in [0, 0.05) is 21.0 Å². The van der Waals surface area contributed by atoms with Gasteiger partial charge in [-0.15, -0.1) is 0 Å². The van der Waals surface area contributed by atoms with Crippen molar-refractivity contribution in [1.29, 1.82) is 0 Å². The monoisotopic (exact) mass is 220 g/mol. The summed E-state index contributed by atoms with van der Waals surface area (Å²) in [6, 6.07) is 7.13. The molecule has 0 saturated heterocycles. The highest BCUT2D eigenvalue weighted by molar-refractivity contribution is 5.93. The molecule has 16 heavy (non-hydrogen) atoms. The molecule has 0 saturated carbocycles. The first-order chi connectivity index (χ1) is 7.50. The van der Waals surface area contributed by atoms with Crippen molar-refractivity contribution in [3.05, 3.63) is 42.0 Å². The van der Waals surface area contributed by atoms with Gasteiger partial charge in [0.2, 0.25) is 5.79 Å². The number of ether oxygens (including phenoxy) is 2. The van der Waals surface area contributed by atoms with E-state index in [0.29, 0.717) is 5.56 Å². The molecule has 0 amide bonds. The molecule has 0 atom stereocenters. The first kappa shape index (κ1) is 12.5. The Morgan fingerprint density at radius 1 is 1.38 bits per heavy atom. The molecule has 1 aromatic rings. The highest BCUT2D eigenvalue weighted by Gasteiger charge is 2.23. The zero-order chi connectivity index (χ0) is 12.2. The van der Waals surface area contributed by atoms with Crippen LogP contribution in [0.2, 0.25) is 0 Å². The number of methoxy groups -OCH3 is 1. The molecular weight excluding hydrogens is 204 g/mol. The van der Waals surface area contributed by atoms with E-state index in [1.54, 1.807) is 32.1 Å². The molecule has 0 aliphatic heterocycles. The molecule has 0 N–H and O–H groups in total. The Hall–Kier alpha value is -1.61. The van der Waals surface area contributed by atoms with E-state index in [2.05, 4.69) is 6.58 Å². The summed E-state index contributed by atoms with van der Waals surface area (Å²) in [6.07, 6.45) is 1.62. The third kappa shape index (κ3) is 2.94. The third-order valence-electron chi connectivity index (χ3n) is 2.23. The zero-order valence-corrected chi connectivity index (χ0v) is 9.82. The molecule has 0 fully saturated rings. The van der Waals surface area contributed by atoms with Gasteiger partial charge < -0.3 is 9.47 Å². The quantitative estimate of drug-likeness (QED) is 0.578. The Morgan fingerprint density at radius 3 is 2.56 bits per heavy atom. The Morgan fingerprint density at radius 2 is 2.00 bits per heavy atom. The van der Waals surface area contributed by atoms with Crippen LogP contribution in [0.25, 0.3) is 6.08 Å². The highest BCUT2D eigenvalue weighted by Crippen LogP contribution is 2.17. The minimum atomic E-state index is -0.925. The predicted octanol–water partition coefficient (Wildman–Crippen LogP) is 2.87. The number of rotatable bonds is 4. The number of carbonyl (C=O) groups is 1. The van der Waals surface area contributed by atoms with Crippen LogP contribution in [0.5, 0.6) is 0 Å². The van der Waals surface area contributed by atoms with Gasteiger partial charge in [0.05, 0.1) is 5.56 Å². The molecule has 0 aliphatic rings. The molecule has 0 aromatic heterocycles. The second-order valence-corrected chi connectivity index (χ2v) is 3.78. The Labute approximate surface area is 95.7 Å². The molecule has 0 aliphatic carbocycles. The van der Waals surface area contributed by atoms with Crippen molar-refractivity contribution >= 4 is 12.0 Å². The van der Waals surface area contributed by atoms with E-state index in [9.17, 15) is 4.79 Å². The number of esters is 1. The molecule has 0 heterocycles. The van der Waals surface area contributed by atoms with E-state index in [-0.39, 0.29) is 0 Å². The Kier molecular flexibility index (Phi) is 3.85. The maximum Gasteiger partial charge on any atom is 0.341 e. The zero-order valence-electron chi connectivity index (χ0n) is 9.82. The van der Waals surface area contributed by atoms with Crippen molar-refractivity contribution in [2.24, 2.45) is 0 Å². The van der Waals surface area contributed by atoms with Crippen LogP contribution in [0.15, 0.2) is 30.8 Å². The summed E-state index contributed by atoms with van der Waals surface area (Å²) in [4.78, 5) is 11.8. The molecule has 0 radical (unpaired) electrons. The van der Waals surface area contributed by atoms with Crippen molar-refractivity contribution in [1.82, 2.24) is 0 Å². The second-order valence-electron chi connectivity index (χ2n) is 3.78. The van der Waals surface area contributed by atoms with Crippen molar-refractivity contribution in [2.75, 3.05) is 7.11 Å². The minimum absolute atomic E-state index is 0.414. The van der Waals surface area contributed by atoms with Crippen LogP contribution in [0, 0.1) is 0 Å². The summed E-state index contributed by atoms with van der Waals surface area (Å²) < 4.78 is 10.2. The molecule has 1 rings (SSSR count). The average molecular weight is 220 g/mol. The first-order valence-electron chi connectivity index (χ1n) is 5.00. The van der Waals surface area contributed by atoms with Crippen molar-refractivity contribution in [3.63, 3.8) is 0 Å². The standard InChI is InChI=1S/C13H16O3/c1-5-10-8-6-7-9-11(10)12(14)16-13(2,3)15-4/h5-9H,1H2,2-4H3. The predicted molar refractivity (Wildman–Crippen MR) is 63.0 cm³/mol. The first-order valence-corrected chi connectivity index (χ1v) is 5.00. The minimum Gasteiger partial charge on any atom is -0.430 e. The SMILES string of the molecule is C=Cc1ccccc1C(=O)OC(C)(C)OC. The van der Waals surface area contributed by atoms with Gasteiger partial charge in [0.15, 0.2) is 0 Å². The second kappa shape index (κ2) is 4.94. The van der Waals surface area contributed by atoms with Crippen molar-refractivity contribution < 1.29 is 14.3 Å². The lowest BCUT2D eigenvalue weighted by Gasteiger charge is -2.23. The molecule has 0 bridgehead atoms. The summed E-state index contributed by atoms with van der Waals surface area (Å²) in [5.41, 5.74) is 1.24. The smallest absolute Gasteiger partial charge is 0.341 e. The average Bonchev–Trinajstić information content (AvgIpc) is 2.28. The van der Waals surface area contributed by atoms with Gasteiger partial charge in [-0.05, 0) is 11.6 Å². The fourth-order valence-electron chi connectivity index (χ4n) is 1.18. The van der Waals surface area contributed by atoms with Crippen LogP contribution in [-0.2, 0) is 9.47 Å². The molecule has 0 spiro atoms. The van der Waals surface area contributed by atoms with E-state index in [1.165, 1.54) is 7.11 Å². The van der Waals surface area contributed by atoms with Gasteiger partial charge in [0.25, 0.3) is 0 Å². The Bertz CT molecular complexity index is 394. The fourth-order valence-corrected chi connectivity index (χ4v) is 1.18. The fraction of sp³-hybridized carbons (Fsp3) is 0.308. The van der Waals surface area contributed by atoms with Crippen molar-refractivity contribution in [3.8, 4) is 0 Å². The van der Waals surface area contributed by atoms with Crippen LogP contribution in [-0.4, -0.2) is 18.9 Å². The number of benzene rings is 1. The molecule has 3 heteroatoms. The van der Waals surface area contributed by atoms with Crippen LogP contribution in [0.3, 0.4) is 0 Å². The van der Waals surface area contributed by atoms with Crippen LogP contribution >= 0.6 is 0 Å². The summed E-state index contributed by atoms with van der Waals surface area (Å²) in [5.74, 6) is -1.34. The van der Waals surface area contributed by atoms with E-state index >= 15 is 0 Å². The summed E-state index contributed by atoms with van der Waals surface area (Å²) >= 11 is 0. The lowest BCUT2D eigenvalue weighted by Crippen LogP contribution is -2.30. The maximum atomic E-state index is 11.8. The van der Waals surface area contributed by atoms with E-state index in [4.69, 9.17) is 9.47 Å². The van der Waals surface area contributed by atoms with Gasteiger partial charge in [-0.1, -0.05) is 30.9 Å². The topological polar surface area (TPSA) is 35.5 Å². The Balaban J connectivity index is 2.93. The number of hydrogen-bond donors (Lipinski definition) is 0. The normalized spacial score (nSPS) is 10.9. The third-order valence-corrected chi connectivity index (χ3v) is 2.23. The largest absolute Gasteiger partial charge is 0.430 e. The van der Waals surface area contributed by atoms with Gasteiger partial charge in [-0.25, -0.2) is 4.79 Å². The lowest BCUT2D eigenvalue weighted by molar-refractivity contribution is -0.160. The van der Waals surface area contributed by atoms with E-state index in [1.807, 2.05) is 12.1 Å². The summed E-state index contributed by atoms with van der Waals surface area (Å²) in [5, 5.41) is 0. The lowest BCUT2D eigenvalue weighted by atomic mass is 10.1. The molecule has 3 nitrogen and oxygen atoms in total. The number of carbonyl (C=O) groups excluding carboxylic acids is 1. The van der Waals surface area contributed by atoms with Crippen LogP contribution in [0.1, 0.15) is 29.8 Å². The van der Waals surface area contributed by atoms with Gasteiger partial charge in [-0.3, -0.25) is 0 Å². The van der Waals surface area contributed by atoms with Crippen molar-refractivity contribution in [2.45, 2.75) is 19.6 Å². The van der Waals surface area contributed by atoms with Crippen LogP contribution < -0.4 is 0 Å². The van der Waals surface area contributed by atoms with Crippen LogP contribution in [0.4, 0.5) is 0 Å². The molecule has 86 valence electrons. The van der Waals surface area contributed by atoms with Gasteiger partial charge >= 0.3 is 5.97 Å². The van der Waals surface area contributed by atoms with E-state index in [0.717, 1.165) is 5.56 Å². The number of hydrogen-bond acceptors (Lipinski definition) is 3. The summed E-state index contributed by atoms with van der Waals surface area (Å²) in [7, 11) is 1.49. The van der Waals surface area contributed by atoms with Gasteiger partial charge in [0.1, 0.15) is 0 Å². The summed E-state index contributed by atoms with van der Waals surface area (Å²) in [6.45, 7) is 7.02. The molecular formula is C13H16O3. The molecule has 0 unspecified atom stereocenters. The molecule has 1 aromatic carbocycles. The van der Waals surface area contributed by atoms with Gasteiger partial charge in [-0.2, -0.15) is 0 Å². The van der Waals surface area contributed by atoms with E-state index < -0.39 is 11.8 Å². The highest BCUT2D eigenvalue weighted by atomic mass is 16.7. The maximum absolute atomic E-state index is 11.8.